The van der Waals surface area contributed by atoms with Gasteiger partial charge in [0.1, 0.15) is 0 Å². The van der Waals surface area contributed by atoms with Crippen molar-refractivity contribution in [2.24, 2.45) is 11.8 Å². The maximum absolute atomic E-state index is 11.0. The molecule has 2 atom stereocenters. The van der Waals surface area contributed by atoms with Gasteiger partial charge in [-0.05, 0) is 42.4 Å². The number of carboxylic acid groups (broad SMARTS) is 1. The van der Waals surface area contributed by atoms with Crippen LogP contribution in [0.5, 0.6) is 0 Å². The van der Waals surface area contributed by atoms with E-state index in [0.29, 0.717) is 17.5 Å². The molecular weight excluding hydrogens is 330 g/mol. The van der Waals surface area contributed by atoms with E-state index in [0.717, 1.165) is 22.5 Å². The maximum Gasteiger partial charge on any atom is 0.335 e. The molecule has 0 bridgehead atoms. The van der Waals surface area contributed by atoms with Gasteiger partial charge in [-0.25, -0.2) is 4.79 Å². The Morgan fingerprint density at radius 1 is 1.38 bits per heavy atom. The summed E-state index contributed by atoms with van der Waals surface area (Å²) in [4.78, 5) is 11.0. The van der Waals surface area contributed by atoms with Crippen LogP contribution in [0.25, 0.3) is 0 Å². The van der Waals surface area contributed by atoms with E-state index in [2.05, 4.69) is 35.1 Å². The number of hydrogen-bond donors (Lipinski definition) is 2. The predicted octanol–water partition coefficient (Wildman–Crippen LogP) is 4.45. The molecule has 2 unspecified atom stereocenters. The highest BCUT2D eigenvalue weighted by atomic mass is 79.9. The fourth-order valence-electron chi connectivity index (χ4n) is 3.28. The zero-order chi connectivity index (χ0) is 15.4. The van der Waals surface area contributed by atoms with Crippen molar-refractivity contribution in [3.8, 4) is 0 Å². The molecule has 1 aliphatic carbocycles. The Balaban J connectivity index is 2.00. The van der Waals surface area contributed by atoms with E-state index in [1.807, 2.05) is 6.07 Å². The van der Waals surface area contributed by atoms with E-state index < -0.39 is 5.97 Å². The monoisotopic (exact) mass is 353 g/mol. The largest absolute Gasteiger partial charge is 0.478 e. The van der Waals surface area contributed by atoms with Crippen molar-refractivity contribution in [2.75, 3.05) is 0 Å². The summed E-state index contributed by atoms with van der Waals surface area (Å²) in [5, 5.41) is 12.7. The second-order valence-electron chi connectivity index (χ2n) is 6.29. The van der Waals surface area contributed by atoms with Crippen molar-refractivity contribution in [2.45, 2.75) is 52.1 Å². The maximum atomic E-state index is 11.0. The van der Waals surface area contributed by atoms with Crippen molar-refractivity contribution in [1.29, 1.82) is 0 Å². The summed E-state index contributed by atoms with van der Waals surface area (Å²) in [7, 11) is 0. The van der Waals surface area contributed by atoms with Crippen LogP contribution in [0, 0.1) is 11.8 Å². The Morgan fingerprint density at radius 2 is 2.10 bits per heavy atom. The van der Waals surface area contributed by atoms with Gasteiger partial charge >= 0.3 is 5.97 Å². The third-order valence-electron chi connectivity index (χ3n) is 4.53. The topological polar surface area (TPSA) is 49.3 Å². The molecule has 1 fully saturated rings. The van der Waals surface area contributed by atoms with E-state index in [9.17, 15) is 4.79 Å². The number of halogens is 1. The molecule has 1 aliphatic rings. The Hall–Kier alpha value is -0.870. The molecule has 0 heterocycles. The minimum atomic E-state index is -0.887. The van der Waals surface area contributed by atoms with Crippen LogP contribution < -0.4 is 5.32 Å². The SMILES string of the molecule is CC(C)C1CCCCC1NCc1ccc(C(=O)O)cc1Br. The number of benzene rings is 1. The fourth-order valence-corrected chi connectivity index (χ4v) is 3.79. The lowest BCUT2D eigenvalue weighted by Gasteiger charge is -2.35. The van der Waals surface area contributed by atoms with Gasteiger partial charge in [-0.2, -0.15) is 0 Å². The molecule has 3 nitrogen and oxygen atoms in total. The highest BCUT2D eigenvalue weighted by Gasteiger charge is 2.27. The van der Waals surface area contributed by atoms with Crippen LogP contribution >= 0.6 is 15.9 Å². The Labute approximate surface area is 135 Å². The number of rotatable bonds is 5. The van der Waals surface area contributed by atoms with Gasteiger partial charge in [0, 0.05) is 17.1 Å². The summed E-state index contributed by atoms with van der Waals surface area (Å²) in [6.45, 7) is 5.40. The number of nitrogens with one attached hydrogen (secondary N) is 1. The molecule has 2 rings (SSSR count). The number of aromatic carboxylic acids is 1. The highest BCUT2D eigenvalue weighted by Crippen LogP contribution is 2.30. The minimum Gasteiger partial charge on any atom is -0.478 e. The van der Waals surface area contributed by atoms with Crippen molar-refractivity contribution < 1.29 is 9.90 Å². The lowest BCUT2D eigenvalue weighted by molar-refractivity contribution is 0.0697. The molecule has 0 radical (unpaired) electrons. The van der Waals surface area contributed by atoms with Gasteiger partial charge < -0.3 is 10.4 Å². The molecule has 0 saturated heterocycles. The molecule has 0 spiro atoms. The fraction of sp³-hybridized carbons (Fsp3) is 0.588. The van der Waals surface area contributed by atoms with Crippen LogP contribution in [0.2, 0.25) is 0 Å². The van der Waals surface area contributed by atoms with Crippen LogP contribution in [0.15, 0.2) is 22.7 Å². The Morgan fingerprint density at radius 3 is 2.71 bits per heavy atom. The molecule has 0 aromatic heterocycles. The molecule has 0 aliphatic heterocycles. The molecule has 0 amide bonds. The van der Waals surface area contributed by atoms with E-state index in [-0.39, 0.29) is 0 Å². The van der Waals surface area contributed by atoms with Gasteiger partial charge in [-0.15, -0.1) is 0 Å². The van der Waals surface area contributed by atoms with E-state index in [1.165, 1.54) is 25.7 Å². The smallest absolute Gasteiger partial charge is 0.335 e. The molecule has 4 heteroatoms. The lowest BCUT2D eigenvalue weighted by Crippen LogP contribution is -2.40. The second-order valence-corrected chi connectivity index (χ2v) is 7.15. The van der Waals surface area contributed by atoms with Crippen molar-refractivity contribution in [1.82, 2.24) is 5.32 Å². The van der Waals surface area contributed by atoms with Crippen LogP contribution in [-0.4, -0.2) is 17.1 Å². The van der Waals surface area contributed by atoms with Crippen LogP contribution in [0.1, 0.15) is 55.5 Å². The van der Waals surface area contributed by atoms with Crippen molar-refractivity contribution >= 4 is 21.9 Å². The summed E-state index contributed by atoms with van der Waals surface area (Å²) in [5.41, 5.74) is 1.44. The molecular formula is C17H24BrNO2. The summed E-state index contributed by atoms with van der Waals surface area (Å²) in [5.74, 6) is 0.568. The highest BCUT2D eigenvalue weighted by molar-refractivity contribution is 9.10. The molecule has 21 heavy (non-hydrogen) atoms. The molecule has 2 N–H and O–H groups in total. The quantitative estimate of drug-likeness (QED) is 0.821. The van der Waals surface area contributed by atoms with Gasteiger partial charge in [-0.1, -0.05) is 48.7 Å². The van der Waals surface area contributed by atoms with Gasteiger partial charge in [0.05, 0.1) is 5.56 Å². The van der Waals surface area contributed by atoms with Crippen LogP contribution in [-0.2, 0) is 6.54 Å². The van der Waals surface area contributed by atoms with Gasteiger partial charge in [0.15, 0.2) is 0 Å². The first kappa shape index (κ1) is 16.5. The first-order valence-electron chi connectivity index (χ1n) is 7.74. The normalized spacial score (nSPS) is 22.5. The van der Waals surface area contributed by atoms with E-state index in [4.69, 9.17) is 5.11 Å². The zero-order valence-electron chi connectivity index (χ0n) is 12.7. The Bertz CT molecular complexity index is 502. The third-order valence-corrected chi connectivity index (χ3v) is 5.27. The molecule has 116 valence electrons. The van der Waals surface area contributed by atoms with Gasteiger partial charge in [0.2, 0.25) is 0 Å². The molecule has 1 saturated carbocycles. The summed E-state index contributed by atoms with van der Waals surface area (Å²) in [6, 6.07) is 5.82. The van der Waals surface area contributed by atoms with Gasteiger partial charge in [0.25, 0.3) is 0 Å². The first-order chi connectivity index (χ1) is 9.99. The second kappa shape index (κ2) is 7.41. The summed E-state index contributed by atoms with van der Waals surface area (Å²) < 4.78 is 0.867. The molecule has 1 aromatic carbocycles. The number of hydrogen-bond acceptors (Lipinski definition) is 2. The Kier molecular flexibility index (Phi) is 5.82. The number of carboxylic acids is 1. The standard InChI is InChI=1S/C17H24BrNO2/c1-11(2)14-5-3-4-6-16(14)19-10-13-8-7-12(17(20)21)9-15(13)18/h7-9,11,14,16,19H,3-6,10H2,1-2H3,(H,20,21). The van der Waals surface area contributed by atoms with Crippen molar-refractivity contribution in [3.63, 3.8) is 0 Å². The average Bonchev–Trinajstić information content (AvgIpc) is 2.46. The van der Waals surface area contributed by atoms with E-state index >= 15 is 0 Å². The van der Waals surface area contributed by atoms with Crippen LogP contribution in [0.3, 0.4) is 0 Å². The summed E-state index contributed by atoms with van der Waals surface area (Å²) in [6.07, 6.45) is 5.21. The predicted molar refractivity (Wildman–Crippen MR) is 88.5 cm³/mol. The van der Waals surface area contributed by atoms with Crippen molar-refractivity contribution in [3.05, 3.63) is 33.8 Å². The minimum absolute atomic E-state index is 0.323. The van der Waals surface area contributed by atoms with Gasteiger partial charge in [-0.3, -0.25) is 0 Å². The molecule has 1 aromatic rings. The van der Waals surface area contributed by atoms with Crippen LogP contribution in [0.4, 0.5) is 0 Å². The zero-order valence-corrected chi connectivity index (χ0v) is 14.3. The lowest BCUT2D eigenvalue weighted by atomic mass is 9.78. The summed E-state index contributed by atoms with van der Waals surface area (Å²) >= 11 is 3.48. The number of carbonyl (C=O) groups is 1. The first-order valence-corrected chi connectivity index (χ1v) is 8.53. The average molecular weight is 354 g/mol. The third kappa shape index (κ3) is 4.30. The van der Waals surface area contributed by atoms with E-state index in [1.54, 1.807) is 12.1 Å².